The van der Waals surface area contributed by atoms with Gasteiger partial charge in [0.25, 0.3) is 0 Å². The van der Waals surface area contributed by atoms with Crippen molar-refractivity contribution in [1.82, 2.24) is 0 Å². The zero-order valence-electron chi connectivity index (χ0n) is 6.60. The second-order valence-corrected chi connectivity index (χ2v) is 3.98. The third kappa shape index (κ3) is 3.08. The van der Waals surface area contributed by atoms with Crippen LogP contribution in [0.1, 0.15) is 19.6 Å². The van der Waals surface area contributed by atoms with E-state index >= 15 is 0 Å². The number of rotatable bonds is 2. The third-order valence-electron chi connectivity index (χ3n) is 1.24. The monoisotopic (exact) mass is 218 g/mol. The second kappa shape index (κ2) is 2.99. The number of halogens is 1. The van der Waals surface area contributed by atoms with Crippen LogP contribution in [0, 0.1) is 0 Å². The molecule has 1 aromatic heterocycles. The van der Waals surface area contributed by atoms with E-state index in [1.165, 1.54) is 0 Å². The Hall–Kier alpha value is -0.280. The van der Waals surface area contributed by atoms with Gasteiger partial charge >= 0.3 is 0 Å². The van der Waals surface area contributed by atoms with Gasteiger partial charge in [-0.2, -0.15) is 0 Å². The average molecular weight is 219 g/mol. The number of furan rings is 1. The molecule has 0 fully saturated rings. The van der Waals surface area contributed by atoms with Crippen LogP contribution in [0.2, 0.25) is 0 Å². The summed E-state index contributed by atoms with van der Waals surface area (Å²) in [6.07, 6.45) is 0.540. The lowest BCUT2D eigenvalue weighted by molar-refractivity contribution is 0.0750. The van der Waals surface area contributed by atoms with E-state index in [1.807, 2.05) is 12.1 Å². The fourth-order valence-electron chi connectivity index (χ4n) is 0.873. The molecular weight excluding hydrogens is 208 g/mol. The molecule has 0 radical (unpaired) electrons. The Labute approximate surface area is 74.3 Å². The Balaban J connectivity index is 2.65. The van der Waals surface area contributed by atoms with Gasteiger partial charge in [-0.3, -0.25) is 0 Å². The minimum atomic E-state index is -0.697. The lowest BCUT2D eigenvalue weighted by Gasteiger charge is -2.14. The van der Waals surface area contributed by atoms with Crippen molar-refractivity contribution in [2.24, 2.45) is 0 Å². The molecule has 0 atom stereocenters. The molecule has 0 spiro atoms. The third-order valence-corrected chi connectivity index (χ3v) is 1.66. The van der Waals surface area contributed by atoms with E-state index in [4.69, 9.17) is 4.42 Å². The van der Waals surface area contributed by atoms with Crippen molar-refractivity contribution in [3.8, 4) is 0 Å². The molecule has 0 unspecified atom stereocenters. The van der Waals surface area contributed by atoms with Gasteiger partial charge in [0.2, 0.25) is 0 Å². The minimum Gasteiger partial charge on any atom is -0.454 e. The number of hydrogen-bond acceptors (Lipinski definition) is 2. The van der Waals surface area contributed by atoms with Crippen LogP contribution in [0.4, 0.5) is 0 Å². The Morgan fingerprint density at radius 1 is 1.55 bits per heavy atom. The van der Waals surface area contributed by atoms with Crippen LogP contribution >= 0.6 is 15.9 Å². The highest BCUT2D eigenvalue weighted by atomic mass is 79.9. The van der Waals surface area contributed by atoms with Crippen LogP contribution < -0.4 is 0 Å². The van der Waals surface area contributed by atoms with Gasteiger partial charge in [-0.25, -0.2) is 0 Å². The van der Waals surface area contributed by atoms with Crippen molar-refractivity contribution >= 4 is 15.9 Å². The van der Waals surface area contributed by atoms with Crippen LogP contribution in [0.5, 0.6) is 0 Å². The molecule has 0 aliphatic carbocycles. The summed E-state index contributed by atoms with van der Waals surface area (Å²) < 4.78 is 5.92. The molecule has 0 aliphatic rings. The first-order valence-electron chi connectivity index (χ1n) is 3.44. The Bertz CT molecular complexity index is 234. The van der Waals surface area contributed by atoms with Crippen LogP contribution in [0.15, 0.2) is 21.2 Å². The first-order chi connectivity index (χ1) is 4.97. The molecule has 0 saturated heterocycles. The van der Waals surface area contributed by atoms with Crippen LogP contribution in [-0.4, -0.2) is 10.7 Å². The minimum absolute atomic E-state index is 0.540. The van der Waals surface area contributed by atoms with Crippen molar-refractivity contribution in [2.75, 3.05) is 0 Å². The quantitative estimate of drug-likeness (QED) is 0.828. The summed E-state index contributed by atoms with van der Waals surface area (Å²) in [5.41, 5.74) is -0.697. The van der Waals surface area contributed by atoms with E-state index in [0.717, 1.165) is 5.76 Å². The van der Waals surface area contributed by atoms with Gasteiger partial charge in [-0.05, 0) is 41.9 Å². The predicted octanol–water partition coefficient (Wildman–Crippen LogP) is 2.36. The zero-order chi connectivity index (χ0) is 8.48. The van der Waals surface area contributed by atoms with Gasteiger partial charge in [0.1, 0.15) is 5.76 Å². The normalized spacial score (nSPS) is 12.0. The molecular formula is C8H11BrO2. The van der Waals surface area contributed by atoms with E-state index in [2.05, 4.69) is 15.9 Å². The Morgan fingerprint density at radius 2 is 2.18 bits per heavy atom. The summed E-state index contributed by atoms with van der Waals surface area (Å²) in [7, 11) is 0. The molecule has 11 heavy (non-hydrogen) atoms. The van der Waals surface area contributed by atoms with Crippen LogP contribution in [-0.2, 0) is 6.42 Å². The molecule has 0 amide bonds. The van der Waals surface area contributed by atoms with E-state index in [-0.39, 0.29) is 0 Å². The second-order valence-electron chi connectivity index (χ2n) is 3.20. The molecule has 2 nitrogen and oxygen atoms in total. The summed E-state index contributed by atoms with van der Waals surface area (Å²) in [5.74, 6) is 0.796. The lowest BCUT2D eigenvalue weighted by atomic mass is 10.0. The Morgan fingerprint density at radius 3 is 2.55 bits per heavy atom. The van der Waals surface area contributed by atoms with E-state index in [9.17, 15) is 5.11 Å². The smallest absolute Gasteiger partial charge is 0.169 e. The largest absolute Gasteiger partial charge is 0.454 e. The molecule has 0 aliphatic heterocycles. The fraction of sp³-hybridized carbons (Fsp3) is 0.500. The van der Waals surface area contributed by atoms with Crippen LogP contribution in [0.25, 0.3) is 0 Å². The van der Waals surface area contributed by atoms with E-state index in [0.29, 0.717) is 11.1 Å². The summed E-state index contributed by atoms with van der Waals surface area (Å²) in [5, 5.41) is 9.41. The maximum Gasteiger partial charge on any atom is 0.169 e. The maximum absolute atomic E-state index is 9.41. The molecule has 3 heteroatoms. The average Bonchev–Trinajstić information content (AvgIpc) is 2.10. The first-order valence-corrected chi connectivity index (χ1v) is 4.23. The molecule has 1 rings (SSSR count). The fourth-order valence-corrected chi connectivity index (χ4v) is 1.21. The zero-order valence-corrected chi connectivity index (χ0v) is 8.18. The summed E-state index contributed by atoms with van der Waals surface area (Å²) in [6, 6.07) is 3.67. The highest BCUT2D eigenvalue weighted by Gasteiger charge is 2.15. The molecule has 62 valence electrons. The van der Waals surface area contributed by atoms with Crippen molar-refractivity contribution in [3.05, 3.63) is 22.6 Å². The van der Waals surface area contributed by atoms with Crippen molar-refractivity contribution in [1.29, 1.82) is 0 Å². The molecule has 1 heterocycles. The topological polar surface area (TPSA) is 33.4 Å². The predicted molar refractivity (Wildman–Crippen MR) is 46.4 cm³/mol. The molecule has 0 bridgehead atoms. The maximum atomic E-state index is 9.41. The van der Waals surface area contributed by atoms with Crippen LogP contribution in [0.3, 0.4) is 0 Å². The van der Waals surface area contributed by atoms with Gasteiger partial charge in [0.05, 0.1) is 5.60 Å². The van der Waals surface area contributed by atoms with Crippen molar-refractivity contribution in [3.63, 3.8) is 0 Å². The number of aliphatic hydroxyl groups is 1. The van der Waals surface area contributed by atoms with Crippen molar-refractivity contribution < 1.29 is 9.52 Å². The van der Waals surface area contributed by atoms with E-state index < -0.39 is 5.60 Å². The van der Waals surface area contributed by atoms with Gasteiger partial charge in [-0.15, -0.1) is 0 Å². The van der Waals surface area contributed by atoms with Gasteiger partial charge < -0.3 is 9.52 Å². The standard InChI is InChI=1S/C8H11BrO2/c1-8(2,10)5-6-3-4-7(9)11-6/h3-4,10H,5H2,1-2H3. The lowest BCUT2D eigenvalue weighted by Crippen LogP contribution is -2.21. The highest BCUT2D eigenvalue weighted by molar-refractivity contribution is 9.10. The Kier molecular flexibility index (Phi) is 2.40. The molecule has 0 aromatic carbocycles. The molecule has 0 saturated carbocycles. The molecule has 1 aromatic rings. The molecule has 1 N–H and O–H groups in total. The summed E-state index contributed by atoms with van der Waals surface area (Å²) in [6.45, 7) is 3.51. The highest BCUT2D eigenvalue weighted by Crippen LogP contribution is 2.18. The van der Waals surface area contributed by atoms with Crippen molar-refractivity contribution in [2.45, 2.75) is 25.9 Å². The first kappa shape index (κ1) is 8.81. The van der Waals surface area contributed by atoms with Gasteiger partial charge in [-0.1, -0.05) is 0 Å². The SMILES string of the molecule is CC(C)(O)Cc1ccc(Br)o1. The van der Waals surface area contributed by atoms with Gasteiger partial charge in [0.15, 0.2) is 4.67 Å². The summed E-state index contributed by atoms with van der Waals surface area (Å²) in [4.78, 5) is 0. The van der Waals surface area contributed by atoms with Gasteiger partial charge in [0, 0.05) is 6.42 Å². The van der Waals surface area contributed by atoms with E-state index in [1.54, 1.807) is 13.8 Å². The summed E-state index contributed by atoms with van der Waals surface area (Å²) >= 11 is 3.19. The number of hydrogen-bond donors (Lipinski definition) is 1.